The lowest BCUT2D eigenvalue weighted by atomic mass is 9.99. The molecule has 8 heteroatoms. The van der Waals surface area contributed by atoms with Crippen molar-refractivity contribution in [3.8, 4) is 0 Å². The third kappa shape index (κ3) is 5.67. The number of amides is 1. The monoisotopic (exact) mass is 401 g/mol. The number of hydrogen-bond donors (Lipinski definition) is 1. The normalized spacial score (nSPS) is 20.1. The highest BCUT2D eigenvalue weighted by atomic mass is 35.5. The maximum Gasteiger partial charge on any atom is 0.243 e. The molecule has 2 rings (SSSR count). The van der Waals surface area contributed by atoms with E-state index in [2.05, 4.69) is 24.1 Å². The number of nitrogens with one attached hydrogen (secondary N) is 1. The zero-order valence-corrected chi connectivity index (χ0v) is 17.2. The lowest BCUT2D eigenvalue weighted by molar-refractivity contribution is -0.121. The van der Waals surface area contributed by atoms with E-state index >= 15 is 0 Å². The Morgan fingerprint density at radius 1 is 1.38 bits per heavy atom. The average Bonchev–Trinajstić information content (AvgIpc) is 2.60. The molecule has 146 valence electrons. The van der Waals surface area contributed by atoms with E-state index < -0.39 is 10.0 Å². The van der Waals surface area contributed by atoms with E-state index in [4.69, 9.17) is 11.6 Å². The van der Waals surface area contributed by atoms with Gasteiger partial charge in [-0.15, -0.1) is 0 Å². The van der Waals surface area contributed by atoms with Crippen molar-refractivity contribution in [2.24, 2.45) is 5.92 Å². The van der Waals surface area contributed by atoms with Gasteiger partial charge in [-0.25, -0.2) is 8.42 Å². The van der Waals surface area contributed by atoms with Crippen LogP contribution in [-0.4, -0.2) is 62.8 Å². The lowest BCUT2D eigenvalue weighted by Crippen LogP contribution is -2.48. The topological polar surface area (TPSA) is 69.7 Å². The van der Waals surface area contributed by atoms with E-state index in [1.807, 2.05) is 0 Å². The minimum absolute atomic E-state index is 0.118. The summed E-state index contributed by atoms with van der Waals surface area (Å²) in [4.78, 5) is 14.7. The molecule has 0 saturated carbocycles. The van der Waals surface area contributed by atoms with Crippen molar-refractivity contribution in [1.82, 2.24) is 14.5 Å². The highest BCUT2D eigenvalue weighted by Gasteiger charge is 2.24. The summed E-state index contributed by atoms with van der Waals surface area (Å²) in [6.45, 7) is 6.73. The first-order valence-electron chi connectivity index (χ1n) is 8.93. The molecular weight excluding hydrogens is 374 g/mol. The fourth-order valence-corrected chi connectivity index (χ4v) is 4.40. The van der Waals surface area contributed by atoms with E-state index in [1.54, 1.807) is 0 Å². The van der Waals surface area contributed by atoms with Gasteiger partial charge in [0.1, 0.15) is 0 Å². The second-order valence-corrected chi connectivity index (χ2v) is 9.59. The summed E-state index contributed by atoms with van der Waals surface area (Å²) >= 11 is 5.79. The van der Waals surface area contributed by atoms with E-state index in [0.29, 0.717) is 17.5 Å². The van der Waals surface area contributed by atoms with Gasteiger partial charge in [0.05, 0.1) is 11.4 Å². The second-order valence-electron chi connectivity index (χ2n) is 7.11. The number of likely N-dealkylation sites (N-methyl/N-ethyl adjacent to an activating group) is 1. The lowest BCUT2D eigenvalue weighted by Gasteiger charge is -2.35. The molecule has 0 aromatic heterocycles. The van der Waals surface area contributed by atoms with Crippen LogP contribution in [0.3, 0.4) is 0 Å². The Balaban J connectivity index is 1.85. The van der Waals surface area contributed by atoms with Crippen molar-refractivity contribution in [3.63, 3.8) is 0 Å². The summed E-state index contributed by atoms with van der Waals surface area (Å²) in [5.74, 6) is 0.375. The molecule has 0 bridgehead atoms. The Morgan fingerprint density at radius 3 is 2.65 bits per heavy atom. The van der Waals surface area contributed by atoms with Crippen molar-refractivity contribution >= 4 is 27.5 Å². The van der Waals surface area contributed by atoms with E-state index in [0.717, 1.165) is 17.4 Å². The molecule has 1 saturated heterocycles. The van der Waals surface area contributed by atoms with Crippen LogP contribution in [0.2, 0.25) is 5.02 Å². The smallest absolute Gasteiger partial charge is 0.243 e. The van der Waals surface area contributed by atoms with Crippen molar-refractivity contribution in [3.05, 3.63) is 29.3 Å². The number of halogens is 1. The molecule has 2 unspecified atom stereocenters. The fourth-order valence-electron chi connectivity index (χ4n) is 3.15. The Bertz CT molecular complexity index is 709. The molecule has 6 nitrogen and oxygen atoms in total. The zero-order chi connectivity index (χ0) is 19.3. The van der Waals surface area contributed by atoms with Crippen LogP contribution in [-0.2, 0) is 14.8 Å². The maximum absolute atomic E-state index is 12.5. The van der Waals surface area contributed by atoms with Crippen LogP contribution in [0.25, 0.3) is 0 Å². The first-order chi connectivity index (χ1) is 12.2. The molecule has 0 radical (unpaired) electrons. The average molecular weight is 402 g/mol. The number of benzene rings is 1. The molecule has 0 spiro atoms. The van der Waals surface area contributed by atoms with Crippen LogP contribution in [0.1, 0.15) is 26.7 Å². The predicted molar refractivity (Wildman–Crippen MR) is 104 cm³/mol. The molecule has 2 atom stereocenters. The molecule has 26 heavy (non-hydrogen) atoms. The zero-order valence-electron chi connectivity index (χ0n) is 15.6. The third-order valence-corrected chi connectivity index (χ3v) is 6.86. The van der Waals surface area contributed by atoms with Crippen LogP contribution in [0.15, 0.2) is 29.2 Å². The van der Waals surface area contributed by atoms with Crippen LogP contribution in [0, 0.1) is 5.92 Å². The molecule has 1 aromatic rings. The quantitative estimate of drug-likeness (QED) is 0.760. The first kappa shape index (κ1) is 21.2. The molecule has 1 N–H and O–H groups in total. The number of hydrogen-bond acceptors (Lipinski definition) is 4. The van der Waals surface area contributed by atoms with Gasteiger partial charge in [-0.3, -0.25) is 9.69 Å². The van der Waals surface area contributed by atoms with Gasteiger partial charge < -0.3 is 5.32 Å². The number of sulfonamides is 1. The molecule has 1 aromatic carbocycles. The molecular formula is C18H28ClN3O3S. The number of nitrogens with zero attached hydrogens (tertiary/aromatic N) is 2. The summed E-state index contributed by atoms with van der Waals surface area (Å²) in [6, 6.07) is 6.14. The van der Waals surface area contributed by atoms with Gasteiger partial charge in [0.25, 0.3) is 0 Å². The molecule has 1 aliphatic heterocycles. The van der Waals surface area contributed by atoms with Gasteiger partial charge in [-0.1, -0.05) is 18.5 Å². The third-order valence-electron chi connectivity index (χ3n) is 4.79. The minimum atomic E-state index is -3.71. The SMILES string of the molecule is CC1CCCN(C(C)CNC(=O)CN(C)S(=O)(=O)c2ccc(Cl)cc2)C1. The van der Waals surface area contributed by atoms with E-state index in [-0.39, 0.29) is 23.4 Å². The van der Waals surface area contributed by atoms with Crippen molar-refractivity contribution < 1.29 is 13.2 Å². The molecule has 1 fully saturated rings. The largest absolute Gasteiger partial charge is 0.353 e. The number of carbonyl (C=O) groups is 1. The molecule has 1 amide bonds. The highest BCUT2D eigenvalue weighted by Crippen LogP contribution is 2.18. The Morgan fingerprint density at radius 2 is 2.04 bits per heavy atom. The summed E-state index contributed by atoms with van der Waals surface area (Å²) in [7, 11) is -2.31. The van der Waals surface area contributed by atoms with Crippen LogP contribution in [0.5, 0.6) is 0 Å². The van der Waals surface area contributed by atoms with Crippen LogP contribution < -0.4 is 5.32 Å². The van der Waals surface area contributed by atoms with Crippen LogP contribution in [0.4, 0.5) is 0 Å². The number of likely N-dealkylation sites (tertiary alicyclic amines) is 1. The van der Waals surface area contributed by atoms with Gasteiger partial charge in [0.15, 0.2) is 0 Å². The standard InChI is InChI=1S/C18H28ClN3O3S/c1-14-5-4-10-22(12-14)15(2)11-20-18(23)13-21(3)26(24,25)17-8-6-16(19)7-9-17/h6-9,14-15H,4-5,10-13H2,1-3H3,(H,20,23). The van der Waals surface area contributed by atoms with Gasteiger partial charge in [0, 0.05) is 31.2 Å². The highest BCUT2D eigenvalue weighted by molar-refractivity contribution is 7.89. The number of carbonyl (C=O) groups excluding carboxylic acids is 1. The Kier molecular flexibility index (Phi) is 7.46. The fraction of sp³-hybridized carbons (Fsp3) is 0.611. The van der Waals surface area contributed by atoms with Crippen molar-refractivity contribution in [1.29, 1.82) is 0 Å². The van der Waals surface area contributed by atoms with Gasteiger partial charge >= 0.3 is 0 Å². The second kappa shape index (κ2) is 9.17. The minimum Gasteiger partial charge on any atom is -0.353 e. The number of piperidine rings is 1. The van der Waals surface area contributed by atoms with Gasteiger partial charge in [0.2, 0.25) is 15.9 Å². The van der Waals surface area contributed by atoms with Gasteiger partial charge in [-0.2, -0.15) is 4.31 Å². The Labute approximate surface area is 161 Å². The summed E-state index contributed by atoms with van der Waals surface area (Å²) < 4.78 is 26.0. The maximum atomic E-state index is 12.5. The molecule has 0 aliphatic carbocycles. The Hall–Kier alpha value is -1.15. The predicted octanol–water partition coefficient (Wildman–Crippen LogP) is 2.20. The van der Waals surface area contributed by atoms with Crippen molar-refractivity contribution in [2.75, 3.05) is 33.2 Å². The first-order valence-corrected chi connectivity index (χ1v) is 10.7. The summed E-state index contributed by atoms with van der Waals surface area (Å²) in [6.07, 6.45) is 2.43. The van der Waals surface area contributed by atoms with E-state index in [9.17, 15) is 13.2 Å². The molecule has 1 aliphatic rings. The van der Waals surface area contributed by atoms with Crippen LogP contribution >= 0.6 is 11.6 Å². The van der Waals surface area contributed by atoms with E-state index in [1.165, 1.54) is 44.2 Å². The summed E-state index contributed by atoms with van der Waals surface area (Å²) in [5, 5.41) is 3.31. The van der Waals surface area contributed by atoms with Crippen molar-refractivity contribution in [2.45, 2.75) is 37.6 Å². The van der Waals surface area contributed by atoms with Gasteiger partial charge in [-0.05, 0) is 56.5 Å². The summed E-state index contributed by atoms with van der Waals surface area (Å²) in [5.41, 5.74) is 0. The molecule has 1 heterocycles. The number of rotatable bonds is 7.